The van der Waals surface area contributed by atoms with Crippen molar-refractivity contribution in [1.82, 2.24) is 9.21 Å². The fraction of sp³-hybridized carbons (Fsp3) is 0.235. The third-order valence-corrected chi connectivity index (χ3v) is 6.05. The molecule has 8 heteroatoms. The maximum Gasteiger partial charge on any atom is 0.257 e. The minimum Gasteiger partial charge on any atom is -0.507 e. The van der Waals surface area contributed by atoms with Gasteiger partial charge in [0.1, 0.15) is 16.5 Å². The molecule has 3 rings (SSSR count). The van der Waals surface area contributed by atoms with Crippen molar-refractivity contribution in [3.63, 3.8) is 0 Å². The van der Waals surface area contributed by atoms with E-state index in [0.29, 0.717) is 0 Å². The topological polar surface area (TPSA) is 77.9 Å². The smallest absolute Gasteiger partial charge is 0.257 e. The van der Waals surface area contributed by atoms with Crippen molar-refractivity contribution in [2.45, 2.75) is 4.90 Å². The first-order chi connectivity index (χ1) is 11.9. The lowest BCUT2D eigenvalue weighted by Gasteiger charge is -2.34. The van der Waals surface area contributed by atoms with Gasteiger partial charge in [0.05, 0.1) is 5.56 Å². The van der Waals surface area contributed by atoms with Gasteiger partial charge >= 0.3 is 0 Å². The van der Waals surface area contributed by atoms with Crippen molar-refractivity contribution in [3.05, 3.63) is 59.9 Å². The summed E-state index contributed by atoms with van der Waals surface area (Å²) < 4.78 is 40.1. The number of halogens is 1. The number of phenolic OH excluding ortho intramolecular Hbond substituents is 1. The average Bonchev–Trinajstić information content (AvgIpc) is 2.62. The van der Waals surface area contributed by atoms with Gasteiger partial charge in [-0.2, -0.15) is 4.31 Å². The number of aromatic hydroxyl groups is 1. The lowest BCUT2D eigenvalue weighted by atomic mass is 10.1. The highest BCUT2D eigenvalue weighted by Crippen LogP contribution is 2.22. The molecule has 0 spiro atoms. The highest BCUT2D eigenvalue weighted by Gasteiger charge is 2.32. The molecule has 6 nitrogen and oxygen atoms in total. The Balaban J connectivity index is 1.73. The summed E-state index contributed by atoms with van der Waals surface area (Å²) in [5.41, 5.74) is 0.174. The van der Waals surface area contributed by atoms with Crippen molar-refractivity contribution < 1.29 is 22.7 Å². The van der Waals surface area contributed by atoms with Crippen LogP contribution in [0.3, 0.4) is 0 Å². The van der Waals surface area contributed by atoms with Crippen molar-refractivity contribution in [3.8, 4) is 5.75 Å². The van der Waals surface area contributed by atoms with Crippen molar-refractivity contribution in [2.75, 3.05) is 26.2 Å². The first-order valence-electron chi connectivity index (χ1n) is 7.73. The summed E-state index contributed by atoms with van der Waals surface area (Å²) in [6.45, 7) is 0.466. The zero-order valence-corrected chi connectivity index (χ0v) is 14.1. The van der Waals surface area contributed by atoms with Gasteiger partial charge in [0.2, 0.25) is 10.0 Å². The lowest BCUT2D eigenvalue weighted by Crippen LogP contribution is -2.50. The number of benzene rings is 2. The fourth-order valence-electron chi connectivity index (χ4n) is 2.75. The standard InChI is InChI=1S/C17H17FN2O4S/c18-14-6-2-4-8-16(14)25(23,24)20-11-9-19(10-12-20)17(22)13-5-1-3-7-15(13)21/h1-8,21H,9-12H2. The zero-order chi connectivity index (χ0) is 18.0. The normalized spacial score (nSPS) is 16.0. The minimum atomic E-state index is -3.94. The minimum absolute atomic E-state index is 0.0655. The van der Waals surface area contributed by atoms with E-state index in [1.165, 1.54) is 39.5 Å². The molecule has 1 amide bonds. The molecule has 0 unspecified atom stereocenters. The number of phenols is 1. The predicted molar refractivity (Wildman–Crippen MR) is 89.2 cm³/mol. The maximum absolute atomic E-state index is 13.8. The van der Waals surface area contributed by atoms with E-state index in [2.05, 4.69) is 0 Å². The Labute approximate surface area is 145 Å². The number of piperazine rings is 1. The van der Waals surface area contributed by atoms with Gasteiger partial charge in [-0.25, -0.2) is 12.8 Å². The summed E-state index contributed by atoms with van der Waals surface area (Å²) in [5, 5.41) is 9.78. The van der Waals surface area contributed by atoms with E-state index in [-0.39, 0.29) is 48.3 Å². The molecule has 0 aromatic heterocycles. The van der Waals surface area contributed by atoms with Gasteiger partial charge in [0.15, 0.2) is 0 Å². The number of carbonyl (C=O) groups is 1. The Morgan fingerprint density at radius 3 is 2.20 bits per heavy atom. The number of carbonyl (C=O) groups excluding carboxylic acids is 1. The number of nitrogens with zero attached hydrogens (tertiary/aromatic N) is 2. The van der Waals surface area contributed by atoms with Crippen LogP contribution in [-0.2, 0) is 10.0 Å². The summed E-state index contributed by atoms with van der Waals surface area (Å²) in [6.07, 6.45) is 0. The first kappa shape index (κ1) is 17.4. The van der Waals surface area contributed by atoms with E-state index in [1.54, 1.807) is 12.1 Å². The van der Waals surface area contributed by atoms with Crippen LogP contribution in [0.25, 0.3) is 0 Å². The molecule has 25 heavy (non-hydrogen) atoms. The molecule has 1 fully saturated rings. The van der Waals surface area contributed by atoms with Crippen molar-refractivity contribution in [2.24, 2.45) is 0 Å². The Bertz CT molecular complexity index is 893. The van der Waals surface area contributed by atoms with E-state index in [0.717, 1.165) is 6.07 Å². The molecule has 0 bridgehead atoms. The second kappa shape index (κ2) is 6.81. The van der Waals surface area contributed by atoms with Gasteiger partial charge in [-0.1, -0.05) is 24.3 Å². The maximum atomic E-state index is 13.8. The Hall–Kier alpha value is -2.45. The van der Waals surface area contributed by atoms with Gasteiger partial charge < -0.3 is 10.0 Å². The SMILES string of the molecule is O=C(c1ccccc1O)N1CCN(S(=O)(=O)c2ccccc2F)CC1. The summed E-state index contributed by atoms with van der Waals surface area (Å²) >= 11 is 0. The molecule has 1 aliphatic rings. The monoisotopic (exact) mass is 364 g/mol. The molecule has 0 saturated carbocycles. The van der Waals surface area contributed by atoms with Crippen LogP contribution in [0, 0.1) is 5.82 Å². The van der Waals surface area contributed by atoms with Crippen LogP contribution in [0.2, 0.25) is 0 Å². The van der Waals surface area contributed by atoms with Gasteiger partial charge in [-0.3, -0.25) is 4.79 Å². The average molecular weight is 364 g/mol. The van der Waals surface area contributed by atoms with Crippen LogP contribution >= 0.6 is 0 Å². The molecule has 0 radical (unpaired) electrons. The van der Waals surface area contributed by atoms with Crippen LogP contribution in [0.1, 0.15) is 10.4 Å². The van der Waals surface area contributed by atoms with Crippen LogP contribution in [0.15, 0.2) is 53.4 Å². The fourth-order valence-corrected chi connectivity index (χ4v) is 4.24. The molecule has 1 heterocycles. The Morgan fingerprint density at radius 1 is 0.960 bits per heavy atom. The molecular weight excluding hydrogens is 347 g/mol. The van der Waals surface area contributed by atoms with Crippen LogP contribution in [-0.4, -0.2) is 54.8 Å². The predicted octanol–water partition coefficient (Wildman–Crippen LogP) is 1.68. The zero-order valence-electron chi connectivity index (χ0n) is 13.3. The van der Waals surface area contributed by atoms with Crippen LogP contribution in [0.4, 0.5) is 4.39 Å². The van der Waals surface area contributed by atoms with E-state index in [9.17, 15) is 22.7 Å². The Kier molecular flexibility index (Phi) is 4.73. The number of amides is 1. The summed E-state index contributed by atoms with van der Waals surface area (Å²) in [4.78, 5) is 13.5. The molecular formula is C17H17FN2O4S. The van der Waals surface area contributed by atoms with Gasteiger partial charge in [0, 0.05) is 26.2 Å². The van der Waals surface area contributed by atoms with E-state index < -0.39 is 15.8 Å². The molecule has 1 aliphatic heterocycles. The highest BCUT2D eigenvalue weighted by atomic mass is 32.2. The molecule has 2 aromatic rings. The largest absolute Gasteiger partial charge is 0.507 e. The number of hydrogen-bond donors (Lipinski definition) is 1. The molecule has 132 valence electrons. The summed E-state index contributed by atoms with van der Waals surface area (Å²) in [7, 11) is -3.94. The summed E-state index contributed by atoms with van der Waals surface area (Å²) in [5.74, 6) is -1.27. The number of rotatable bonds is 3. The van der Waals surface area contributed by atoms with Crippen molar-refractivity contribution >= 4 is 15.9 Å². The van der Waals surface area contributed by atoms with E-state index in [4.69, 9.17) is 0 Å². The molecule has 1 N–H and O–H groups in total. The Morgan fingerprint density at radius 2 is 1.56 bits per heavy atom. The van der Waals surface area contributed by atoms with E-state index >= 15 is 0 Å². The lowest BCUT2D eigenvalue weighted by molar-refractivity contribution is 0.0694. The molecule has 1 saturated heterocycles. The number of sulfonamides is 1. The number of hydrogen-bond acceptors (Lipinski definition) is 4. The highest BCUT2D eigenvalue weighted by molar-refractivity contribution is 7.89. The summed E-state index contributed by atoms with van der Waals surface area (Å²) in [6, 6.07) is 11.4. The van der Waals surface area contributed by atoms with Gasteiger partial charge in [-0.15, -0.1) is 0 Å². The molecule has 0 aliphatic carbocycles. The first-order valence-corrected chi connectivity index (χ1v) is 9.17. The van der Waals surface area contributed by atoms with Gasteiger partial charge in [0.25, 0.3) is 5.91 Å². The quantitative estimate of drug-likeness (QED) is 0.899. The van der Waals surface area contributed by atoms with Crippen LogP contribution < -0.4 is 0 Å². The number of para-hydroxylation sites is 1. The molecule has 2 aromatic carbocycles. The van der Waals surface area contributed by atoms with Crippen LogP contribution in [0.5, 0.6) is 5.75 Å². The van der Waals surface area contributed by atoms with Gasteiger partial charge in [-0.05, 0) is 24.3 Å². The third kappa shape index (κ3) is 3.35. The third-order valence-electron chi connectivity index (χ3n) is 4.11. The van der Waals surface area contributed by atoms with E-state index in [1.807, 2.05) is 0 Å². The van der Waals surface area contributed by atoms with Crippen molar-refractivity contribution in [1.29, 1.82) is 0 Å². The molecule has 0 atom stereocenters. The second-order valence-corrected chi connectivity index (χ2v) is 7.55. The second-order valence-electron chi connectivity index (χ2n) is 5.64.